The Hall–Kier alpha value is -3.21. The zero-order chi connectivity index (χ0) is 23.0. The van der Waals surface area contributed by atoms with Crippen molar-refractivity contribution in [2.45, 2.75) is 31.3 Å². The predicted octanol–water partition coefficient (Wildman–Crippen LogP) is 5.57. The summed E-state index contributed by atoms with van der Waals surface area (Å²) in [5.41, 5.74) is 3.50. The Bertz CT molecular complexity index is 1270. The lowest BCUT2D eigenvalue weighted by Gasteiger charge is -2.23. The predicted molar refractivity (Wildman–Crippen MR) is 130 cm³/mol. The first kappa shape index (κ1) is 21.6. The number of benzene rings is 3. The van der Waals surface area contributed by atoms with Crippen molar-refractivity contribution in [2.75, 3.05) is 11.4 Å². The summed E-state index contributed by atoms with van der Waals surface area (Å²) in [6.45, 7) is 0.463. The molecule has 1 N–H and O–H groups in total. The summed E-state index contributed by atoms with van der Waals surface area (Å²) in [5, 5.41) is 12.2. The SMILES string of the molecule is O=C(C[C@]1(O)C(=O)N(CCCC2=CCc3ccc(Cl)cc32)c2ccccc21)c1ccccc1. The average molecular weight is 458 g/mol. The molecule has 0 unspecified atom stereocenters. The number of para-hydroxylation sites is 1. The van der Waals surface area contributed by atoms with Crippen LogP contribution in [-0.4, -0.2) is 23.3 Å². The minimum absolute atomic E-state index is 0.257. The van der Waals surface area contributed by atoms with Gasteiger partial charge in [-0.05, 0) is 54.2 Å². The highest BCUT2D eigenvalue weighted by atomic mass is 35.5. The molecule has 0 fully saturated rings. The van der Waals surface area contributed by atoms with E-state index in [0.717, 1.165) is 24.3 Å². The zero-order valence-corrected chi connectivity index (χ0v) is 18.9. The normalized spacial score (nSPS) is 18.8. The maximum Gasteiger partial charge on any atom is 0.264 e. The van der Waals surface area contributed by atoms with Crippen LogP contribution in [0.2, 0.25) is 5.02 Å². The molecule has 5 heteroatoms. The highest BCUT2D eigenvalue weighted by Crippen LogP contribution is 2.43. The fraction of sp³-hybridized carbons (Fsp3) is 0.214. The summed E-state index contributed by atoms with van der Waals surface area (Å²) in [4.78, 5) is 27.9. The molecule has 0 spiro atoms. The van der Waals surface area contributed by atoms with E-state index in [-0.39, 0.29) is 12.2 Å². The topological polar surface area (TPSA) is 57.6 Å². The fourth-order valence-electron chi connectivity index (χ4n) is 4.89. The lowest BCUT2D eigenvalue weighted by molar-refractivity contribution is -0.135. The number of Topliss-reactive ketones (excluding diaryl/α,β-unsaturated/α-hetero) is 1. The van der Waals surface area contributed by atoms with Gasteiger partial charge in [-0.25, -0.2) is 0 Å². The van der Waals surface area contributed by atoms with Gasteiger partial charge in [0.25, 0.3) is 5.91 Å². The molecule has 0 aromatic heterocycles. The van der Waals surface area contributed by atoms with Gasteiger partial charge < -0.3 is 10.0 Å². The molecule has 5 rings (SSSR count). The molecule has 0 saturated heterocycles. The molecule has 1 aliphatic carbocycles. The number of nitrogens with zero attached hydrogens (tertiary/aromatic N) is 1. The minimum atomic E-state index is -1.85. The third kappa shape index (κ3) is 3.90. The van der Waals surface area contributed by atoms with E-state index in [2.05, 4.69) is 12.1 Å². The van der Waals surface area contributed by atoms with Gasteiger partial charge in [0.2, 0.25) is 0 Å². The number of carbonyl (C=O) groups is 2. The van der Waals surface area contributed by atoms with E-state index in [1.807, 2.05) is 30.3 Å². The molecule has 0 radical (unpaired) electrons. The number of hydrogen-bond acceptors (Lipinski definition) is 3. The van der Waals surface area contributed by atoms with Crippen molar-refractivity contribution in [3.63, 3.8) is 0 Å². The number of aliphatic hydroxyl groups is 1. The van der Waals surface area contributed by atoms with Gasteiger partial charge in [-0.1, -0.05) is 72.3 Å². The zero-order valence-electron chi connectivity index (χ0n) is 18.1. The molecule has 33 heavy (non-hydrogen) atoms. The Morgan fingerprint density at radius 1 is 1.03 bits per heavy atom. The number of allylic oxidation sites excluding steroid dienone is 2. The van der Waals surface area contributed by atoms with Gasteiger partial charge in [-0.2, -0.15) is 0 Å². The molecule has 1 heterocycles. The van der Waals surface area contributed by atoms with Crippen LogP contribution in [0.5, 0.6) is 0 Å². The number of anilines is 1. The van der Waals surface area contributed by atoms with Crippen molar-refractivity contribution in [3.05, 3.63) is 106 Å². The third-order valence-electron chi connectivity index (χ3n) is 6.57. The van der Waals surface area contributed by atoms with Crippen LogP contribution in [0.3, 0.4) is 0 Å². The minimum Gasteiger partial charge on any atom is -0.375 e. The second-order valence-corrected chi connectivity index (χ2v) is 9.08. The first-order valence-electron chi connectivity index (χ1n) is 11.2. The van der Waals surface area contributed by atoms with Crippen molar-refractivity contribution >= 4 is 34.6 Å². The molecule has 3 aromatic carbocycles. The number of carbonyl (C=O) groups excluding carboxylic acids is 2. The van der Waals surface area contributed by atoms with Gasteiger partial charge >= 0.3 is 0 Å². The Balaban J connectivity index is 1.33. The van der Waals surface area contributed by atoms with Crippen LogP contribution in [0.4, 0.5) is 5.69 Å². The number of fused-ring (bicyclic) bond motifs is 2. The summed E-state index contributed by atoms with van der Waals surface area (Å²) >= 11 is 6.18. The molecular weight excluding hydrogens is 434 g/mol. The van der Waals surface area contributed by atoms with Crippen molar-refractivity contribution in [1.82, 2.24) is 0 Å². The molecule has 0 bridgehead atoms. The molecule has 4 nitrogen and oxygen atoms in total. The summed E-state index contributed by atoms with van der Waals surface area (Å²) < 4.78 is 0. The maximum absolute atomic E-state index is 13.4. The molecule has 166 valence electrons. The third-order valence-corrected chi connectivity index (χ3v) is 6.80. The Kier molecular flexibility index (Phi) is 5.65. The quantitative estimate of drug-likeness (QED) is 0.472. The monoisotopic (exact) mass is 457 g/mol. The van der Waals surface area contributed by atoms with Crippen LogP contribution in [0, 0.1) is 0 Å². The van der Waals surface area contributed by atoms with Gasteiger partial charge in [0.1, 0.15) is 0 Å². The standard InChI is InChI=1S/C28H24ClNO3/c29-22-15-14-20-13-12-19(23(20)17-22)9-6-16-30-25-11-5-4-10-24(25)28(33,27(30)32)18-26(31)21-7-2-1-3-8-21/h1-5,7-8,10-12,14-15,17,33H,6,9,13,16,18H2/t28-/m1/s1. The molecular formula is C28H24ClNO3. The van der Waals surface area contributed by atoms with E-state index in [1.54, 1.807) is 41.3 Å². The maximum atomic E-state index is 13.4. The molecule has 1 atom stereocenters. The molecule has 2 aliphatic rings. The smallest absolute Gasteiger partial charge is 0.264 e. The van der Waals surface area contributed by atoms with Gasteiger partial charge in [-0.15, -0.1) is 0 Å². The van der Waals surface area contributed by atoms with Gasteiger partial charge in [-0.3, -0.25) is 9.59 Å². The lowest BCUT2D eigenvalue weighted by atomic mass is 9.88. The fourth-order valence-corrected chi connectivity index (χ4v) is 5.06. The summed E-state index contributed by atoms with van der Waals surface area (Å²) in [5.74, 6) is -0.690. The summed E-state index contributed by atoms with van der Waals surface area (Å²) in [7, 11) is 0. The number of ketones is 1. The van der Waals surface area contributed by atoms with E-state index in [4.69, 9.17) is 11.6 Å². The number of amides is 1. The second-order valence-electron chi connectivity index (χ2n) is 8.64. The highest BCUT2D eigenvalue weighted by molar-refractivity contribution is 6.30. The van der Waals surface area contributed by atoms with Crippen molar-refractivity contribution in [1.29, 1.82) is 0 Å². The highest BCUT2D eigenvalue weighted by Gasteiger charge is 2.50. The van der Waals surface area contributed by atoms with Gasteiger partial charge in [0, 0.05) is 22.7 Å². The molecule has 3 aromatic rings. The molecule has 1 amide bonds. The van der Waals surface area contributed by atoms with Crippen LogP contribution >= 0.6 is 11.6 Å². The first-order valence-corrected chi connectivity index (χ1v) is 11.5. The van der Waals surface area contributed by atoms with E-state index in [1.165, 1.54) is 16.7 Å². The molecule has 1 aliphatic heterocycles. The summed E-state index contributed by atoms with van der Waals surface area (Å²) in [6.07, 6.45) is 4.38. The van der Waals surface area contributed by atoms with E-state index < -0.39 is 11.5 Å². The van der Waals surface area contributed by atoms with Crippen molar-refractivity contribution in [3.8, 4) is 0 Å². The average Bonchev–Trinajstić information content (AvgIpc) is 3.32. The van der Waals surface area contributed by atoms with E-state index in [9.17, 15) is 14.7 Å². The lowest BCUT2D eigenvalue weighted by Crippen LogP contribution is -2.42. The number of rotatable bonds is 7. The van der Waals surface area contributed by atoms with Gasteiger partial charge in [0.05, 0.1) is 12.1 Å². The number of halogens is 1. The van der Waals surface area contributed by atoms with E-state index in [0.29, 0.717) is 23.4 Å². The van der Waals surface area contributed by atoms with E-state index >= 15 is 0 Å². The molecule has 0 saturated carbocycles. The second kappa shape index (κ2) is 8.62. The van der Waals surface area contributed by atoms with Crippen LogP contribution < -0.4 is 4.90 Å². The Morgan fingerprint density at radius 2 is 1.79 bits per heavy atom. The van der Waals surface area contributed by atoms with Crippen LogP contribution in [0.1, 0.15) is 46.3 Å². The number of hydrogen-bond donors (Lipinski definition) is 1. The summed E-state index contributed by atoms with van der Waals surface area (Å²) in [6, 6.07) is 22.0. The Labute approximate surface area is 198 Å². The largest absolute Gasteiger partial charge is 0.375 e. The van der Waals surface area contributed by atoms with Crippen LogP contribution in [-0.2, 0) is 16.8 Å². The van der Waals surface area contributed by atoms with Crippen molar-refractivity contribution < 1.29 is 14.7 Å². The Morgan fingerprint density at radius 3 is 2.61 bits per heavy atom. The first-order chi connectivity index (χ1) is 16.0. The van der Waals surface area contributed by atoms with Crippen LogP contribution in [0.15, 0.2) is 78.9 Å². The van der Waals surface area contributed by atoms with Gasteiger partial charge in [0.15, 0.2) is 11.4 Å². The van der Waals surface area contributed by atoms with Crippen molar-refractivity contribution in [2.24, 2.45) is 0 Å². The van der Waals surface area contributed by atoms with Crippen LogP contribution in [0.25, 0.3) is 5.57 Å².